The van der Waals surface area contributed by atoms with Crippen LogP contribution in [0.15, 0.2) is 12.4 Å². The number of alkyl halides is 2. The van der Waals surface area contributed by atoms with Crippen LogP contribution in [0.1, 0.15) is 31.6 Å². The number of halogens is 4. The summed E-state index contributed by atoms with van der Waals surface area (Å²) >= 11 is 0. The molecule has 2 aliphatic rings. The minimum absolute atomic E-state index is 0. The number of hydrogen-bond donors (Lipinski definition) is 1. The molecule has 2 heterocycles. The van der Waals surface area contributed by atoms with Crippen LogP contribution in [0.2, 0.25) is 0 Å². The average Bonchev–Trinajstić information content (AvgIpc) is 3.16. The van der Waals surface area contributed by atoms with Crippen LogP contribution in [0.5, 0.6) is 0 Å². The van der Waals surface area contributed by atoms with Gasteiger partial charge in [-0.3, -0.25) is 14.3 Å². The molecule has 0 bridgehead atoms. The molecule has 2 N–H and O–H groups in total. The van der Waals surface area contributed by atoms with E-state index in [1.165, 1.54) is 12.4 Å². The van der Waals surface area contributed by atoms with E-state index in [1.54, 1.807) is 0 Å². The summed E-state index contributed by atoms with van der Waals surface area (Å²) in [5, 5.41) is 0. The molecule has 1 aliphatic heterocycles. The van der Waals surface area contributed by atoms with Gasteiger partial charge in [-0.15, -0.1) is 24.8 Å². The van der Waals surface area contributed by atoms with E-state index in [0.717, 1.165) is 23.8 Å². The zero-order valence-electron chi connectivity index (χ0n) is 13.9. The number of aromatic nitrogens is 2. The van der Waals surface area contributed by atoms with Gasteiger partial charge >= 0.3 is 6.55 Å². The largest absolute Gasteiger partial charge is 0.340 e. The summed E-state index contributed by atoms with van der Waals surface area (Å²) in [4.78, 5) is 20.4. The van der Waals surface area contributed by atoms with Gasteiger partial charge in [0, 0.05) is 50.5 Å². The maximum Gasteiger partial charge on any atom is 0.319 e. The van der Waals surface area contributed by atoms with E-state index in [1.807, 2.05) is 4.90 Å². The fourth-order valence-electron chi connectivity index (χ4n) is 3.47. The Morgan fingerprint density at radius 2 is 1.92 bits per heavy atom. The standard InChI is InChI=1S/C15H23F2N5O.2ClH/c16-15(17)22-4-3-19-13(22)10-20-5-7-21(8-6-20)14(23)11-1-2-12(18)9-11;;/h3-4,11-12,15H,1-2,5-10,18H2;2*1H. The van der Waals surface area contributed by atoms with Crippen molar-refractivity contribution in [1.82, 2.24) is 19.4 Å². The molecular formula is C15H25Cl2F2N5O. The topological polar surface area (TPSA) is 67.4 Å². The number of nitrogens with zero attached hydrogens (tertiary/aromatic N) is 4. The van der Waals surface area contributed by atoms with Gasteiger partial charge in [-0.2, -0.15) is 8.78 Å². The van der Waals surface area contributed by atoms with Crippen LogP contribution in [0.4, 0.5) is 8.78 Å². The Morgan fingerprint density at radius 1 is 1.24 bits per heavy atom. The normalized spacial score (nSPS) is 24.1. The van der Waals surface area contributed by atoms with Crippen molar-refractivity contribution in [3.63, 3.8) is 0 Å². The number of piperazine rings is 1. The molecule has 2 unspecified atom stereocenters. The van der Waals surface area contributed by atoms with Crippen LogP contribution >= 0.6 is 24.8 Å². The van der Waals surface area contributed by atoms with Crippen molar-refractivity contribution < 1.29 is 13.6 Å². The Hall–Kier alpha value is -0.960. The van der Waals surface area contributed by atoms with Crippen LogP contribution < -0.4 is 5.73 Å². The summed E-state index contributed by atoms with van der Waals surface area (Å²) in [5.74, 6) is 0.627. The lowest BCUT2D eigenvalue weighted by atomic mass is 10.1. The fourth-order valence-corrected chi connectivity index (χ4v) is 3.47. The molecule has 1 saturated carbocycles. The lowest BCUT2D eigenvalue weighted by Crippen LogP contribution is -2.50. The van der Waals surface area contributed by atoms with Crippen LogP contribution in [0.25, 0.3) is 0 Å². The molecule has 1 aromatic heterocycles. The minimum Gasteiger partial charge on any atom is -0.340 e. The van der Waals surface area contributed by atoms with E-state index in [2.05, 4.69) is 9.88 Å². The number of nitrogens with two attached hydrogens (primary N) is 1. The summed E-state index contributed by atoms with van der Waals surface area (Å²) in [7, 11) is 0. The molecule has 1 amide bonds. The van der Waals surface area contributed by atoms with Gasteiger partial charge in [0.15, 0.2) is 0 Å². The highest BCUT2D eigenvalue weighted by molar-refractivity contribution is 5.85. The third kappa shape index (κ3) is 5.26. The van der Waals surface area contributed by atoms with Crippen molar-refractivity contribution >= 4 is 30.7 Å². The summed E-state index contributed by atoms with van der Waals surface area (Å²) in [6.45, 7) is 0.455. The quantitative estimate of drug-likeness (QED) is 0.839. The van der Waals surface area contributed by atoms with Gasteiger partial charge in [0.05, 0.1) is 6.54 Å². The summed E-state index contributed by atoms with van der Waals surface area (Å²) in [5.41, 5.74) is 5.88. The van der Waals surface area contributed by atoms with E-state index in [-0.39, 0.29) is 42.7 Å². The number of rotatable bonds is 4. The van der Waals surface area contributed by atoms with E-state index < -0.39 is 6.55 Å². The van der Waals surface area contributed by atoms with Gasteiger partial charge in [-0.25, -0.2) is 4.98 Å². The first kappa shape index (κ1) is 22.1. The molecule has 144 valence electrons. The van der Waals surface area contributed by atoms with E-state index in [0.29, 0.717) is 38.5 Å². The van der Waals surface area contributed by atoms with Crippen LogP contribution in [-0.4, -0.2) is 57.5 Å². The van der Waals surface area contributed by atoms with Crippen LogP contribution in [0.3, 0.4) is 0 Å². The third-order valence-electron chi connectivity index (χ3n) is 4.83. The van der Waals surface area contributed by atoms with Crippen molar-refractivity contribution in [1.29, 1.82) is 0 Å². The Balaban J connectivity index is 0.00000156. The van der Waals surface area contributed by atoms with Gasteiger partial charge in [0.2, 0.25) is 5.91 Å². The number of carbonyl (C=O) groups excluding carboxylic acids is 1. The summed E-state index contributed by atoms with van der Waals surface area (Å²) < 4.78 is 26.5. The molecule has 1 saturated heterocycles. The minimum atomic E-state index is -2.57. The van der Waals surface area contributed by atoms with Gasteiger partial charge in [0.1, 0.15) is 5.82 Å². The van der Waals surface area contributed by atoms with Crippen LogP contribution in [-0.2, 0) is 11.3 Å². The first-order valence-corrected chi connectivity index (χ1v) is 8.11. The Bertz CT molecular complexity index is 552. The van der Waals surface area contributed by atoms with Gasteiger partial charge in [-0.05, 0) is 19.3 Å². The molecule has 10 heteroatoms. The van der Waals surface area contributed by atoms with Crippen molar-refractivity contribution in [3.8, 4) is 0 Å². The smallest absolute Gasteiger partial charge is 0.319 e. The first-order chi connectivity index (χ1) is 11.0. The van der Waals surface area contributed by atoms with Gasteiger partial charge < -0.3 is 10.6 Å². The van der Waals surface area contributed by atoms with Crippen LogP contribution in [0, 0.1) is 5.92 Å². The predicted octanol–water partition coefficient (Wildman–Crippen LogP) is 1.89. The summed E-state index contributed by atoms with van der Waals surface area (Å²) in [6, 6.07) is 0.151. The molecule has 0 aromatic carbocycles. The second kappa shape index (κ2) is 9.66. The Labute approximate surface area is 158 Å². The van der Waals surface area contributed by atoms with Crippen molar-refractivity contribution in [3.05, 3.63) is 18.2 Å². The van der Waals surface area contributed by atoms with E-state index in [4.69, 9.17) is 5.73 Å². The highest BCUT2D eigenvalue weighted by Crippen LogP contribution is 2.26. The molecule has 0 radical (unpaired) electrons. The Kier molecular flexibility index (Phi) is 8.53. The van der Waals surface area contributed by atoms with Gasteiger partial charge in [0.25, 0.3) is 0 Å². The number of carbonyl (C=O) groups is 1. The SMILES string of the molecule is Cl.Cl.NC1CCC(C(=O)N2CCN(Cc3nccn3C(F)F)CC2)C1. The lowest BCUT2D eigenvalue weighted by molar-refractivity contribution is -0.137. The molecule has 1 aliphatic carbocycles. The highest BCUT2D eigenvalue weighted by atomic mass is 35.5. The average molecular weight is 400 g/mol. The van der Waals surface area contributed by atoms with Crippen molar-refractivity contribution in [2.45, 2.75) is 38.4 Å². The number of imidazole rings is 1. The molecule has 1 aromatic rings. The molecule has 3 rings (SSSR count). The molecule has 6 nitrogen and oxygen atoms in total. The molecule has 2 fully saturated rings. The number of amides is 1. The highest BCUT2D eigenvalue weighted by Gasteiger charge is 2.32. The predicted molar refractivity (Wildman–Crippen MR) is 95.1 cm³/mol. The maximum atomic E-state index is 12.8. The Morgan fingerprint density at radius 3 is 2.48 bits per heavy atom. The zero-order valence-corrected chi connectivity index (χ0v) is 15.5. The molecule has 25 heavy (non-hydrogen) atoms. The molecular weight excluding hydrogens is 375 g/mol. The van der Waals surface area contributed by atoms with E-state index >= 15 is 0 Å². The number of hydrogen-bond acceptors (Lipinski definition) is 4. The van der Waals surface area contributed by atoms with Gasteiger partial charge in [-0.1, -0.05) is 0 Å². The maximum absolute atomic E-state index is 12.8. The third-order valence-corrected chi connectivity index (χ3v) is 4.83. The zero-order chi connectivity index (χ0) is 16.4. The van der Waals surface area contributed by atoms with E-state index in [9.17, 15) is 13.6 Å². The summed E-state index contributed by atoms with van der Waals surface area (Å²) in [6.07, 6.45) is 5.28. The first-order valence-electron chi connectivity index (χ1n) is 8.11. The lowest BCUT2D eigenvalue weighted by Gasteiger charge is -2.35. The van der Waals surface area contributed by atoms with Crippen molar-refractivity contribution in [2.24, 2.45) is 11.7 Å². The second-order valence-electron chi connectivity index (χ2n) is 6.40. The monoisotopic (exact) mass is 399 g/mol. The second-order valence-corrected chi connectivity index (χ2v) is 6.40. The van der Waals surface area contributed by atoms with Crippen molar-refractivity contribution in [2.75, 3.05) is 26.2 Å². The molecule has 0 spiro atoms. The molecule has 2 atom stereocenters. The fraction of sp³-hybridized carbons (Fsp3) is 0.733.